The highest BCUT2D eigenvalue weighted by Gasteiger charge is 2.27. The number of nitrogens with zero attached hydrogens (tertiary/aromatic N) is 1. The van der Waals surface area contributed by atoms with Crippen LogP contribution < -0.4 is 5.73 Å². The molecule has 0 saturated heterocycles. The Kier molecular flexibility index (Phi) is 1.65. The number of nitrogen functional groups attached to an aromatic ring is 1. The predicted octanol–water partition coefficient (Wildman–Crippen LogP) is 1.61. The van der Waals surface area contributed by atoms with Crippen molar-refractivity contribution in [3.63, 3.8) is 0 Å². The number of rotatable bonds is 2. The van der Waals surface area contributed by atoms with Crippen LogP contribution in [0.2, 0.25) is 0 Å². The second kappa shape index (κ2) is 2.55. The van der Waals surface area contributed by atoms with E-state index in [1.165, 1.54) is 12.8 Å². The third kappa shape index (κ3) is 1.22. The Morgan fingerprint density at radius 3 is 2.75 bits per heavy atom. The minimum atomic E-state index is 0.150. The minimum absolute atomic E-state index is 0.150. The first-order chi connectivity index (χ1) is 5.68. The second-order valence-corrected chi connectivity index (χ2v) is 4.19. The molecule has 1 aromatic heterocycles. The molecule has 0 aromatic carbocycles. The Bertz CT molecular complexity index is 325. The zero-order valence-corrected chi connectivity index (χ0v) is 7.74. The highest BCUT2D eigenvalue weighted by molar-refractivity contribution is 7.14. The van der Waals surface area contributed by atoms with Crippen molar-refractivity contribution in [1.29, 1.82) is 5.41 Å². The number of thiazole rings is 1. The summed E-state index contributed by atoms with van der Waals surface area (Å²) in [5.74, 6) is 0.818. The van der Waals surface area contributed by atoms with Gasteiger partial charge < -0.3 is 5.73 Å². The molecule has 0 bridgehead atoms. The van der Waals surface area contributed by atoms with Crippen molar-refractivity contribution in [2.24, 2.45) is 5.73 Å². The largest absolute Gasteiger partial charge is 0.383 e. The van der Waals surface area contributed by atoms with Crippen LogP contribution in [0.4, 0.5) is 0 Å². The van der Waals surface area contributed by atoms with Gasteiger partial charge in [-0.15, -0.1) is 11.3 Å². The van der Waals surface area contributed by atoms with Crippen molar-refractivity contribution in [3.05, 3.63) is 15.6 Å². The summed E-state index contributed by atoms with van der Waals surface area (Å²) in [6, 6.07) is 0. The average molecular weight is 181 g/mol. The van der Waals surface area contributed by atoms with Gasteiger partial charge in [0.25, 0.3) is 0 Å². The van der Waals surface area contributed by atoms with Crippen molar-refractivity contribution < 1.29 is 0 Å². The van der Waals surface area contributed by atoms with Crippen LogP contribution in [0.5, 0.6) is 0 Å². The molecule has 2 rings (SSSR count). The Morgan fingerprint density at radius 1 is 1.67 bits per heavy atom. The fourth-order valence-corrected chi connectivity index (χ4v) is 2.27. The molecule has 4 heteroatoms. The monoisotopic (exact) mass is 181 g/mol. The van der Waals surface area contributed by atoms with Gasteiger partial charge in [0.1, 0.15) is 5.84 Å². The van der Waals surface area contributed by atoms with Gasteiger partial charge in [0.05, 0.1) is 15.6 Å². The first-order valence-electron chi connectivity index (χ1n) is 4.00. The molecular formula is C8H11N3S. The molecule has 12 heavy (non-hydrogen) atoms. The fourth-order valence-electron chi connectivity index (χ4n) is 1.17. The molecule has 0 amide bonds. The lowest BCUT2D eigenvalue weighted by Crippen LogP contribution is -2.10. The summed E-state index contributed by atoms with van der Waals surface area (Å²) in [7, 11) is 0. The molecule has 1 saturated carbocycles. The van der Waals surface area contributed by atoms with Crippen molar-refractivity contribution in [2.75, 3.05) is 0 Å². The summed E-state index contributed by atoms with van der Waals surface area (Å²) in [4.78, 5) is 5.24. The smallest absolute Gasteiger partial charge is 0.135 e. The van der Waals surface area contributed by atoms with E-state index in [4.69, 9.17) is 11.1 Å². The van der Waals surface area contributed by atoms with E-state index < -0.39 is 0 Å². The molecule has 1 aliphatic rings. The molecule has 64 valence electrons. The number of hydrogen-bond acceptors (Lipinski definition) is 3. The number of nitrogens with two attached hydrogens (primary N) is 1. The van der Waals surface area contributed by atoms with Gasteiger partial charge in [0, 0.05) is 5.92 Å². The molecule has 0 atom stereocenters. The van der Waals surface area contributed by atoms with Crippen LogP contribution in [0, 0.1) is 12.3 Å². The Labute approximate surface area is 75.1 Å². The topological polar surface area (TPSA) is 62.8 Å². The summed E-state index contributed by atoms with van der Waals surface area (Å²) in [5, 5.41) is 8.46. The van der Waals surface area contributed by atoms with Crippen LogP contribution in [0.3, 0.4) is 0 Å². The van der Waals surface area contributed by atoms with Gasteiger partial charge >= 0.3 is 0 Å². The van der Waals surface area contributed by atoms with Crippen LogP contribution >= 0.6 is 11.3 Å². The molecule has 0 radical (unpaired) electrons. The lowest BCUT2D eigenvalue weighted by molar-refractivity contribution is 1.05. The Morgan fingerprint density at radius 2 is 2.33 bits per heavy atom. The highest BCUT2D eigenvalue weighted by Crippen LogP contribution is 2.42. The molecule has 1 aliphatic carbocycles. The first kappa shape index (κ1) is 7.73. The van der Waals surface area contributed by atoms with Gasteiger partial charge in [-0.25, -0.2) is 4.98 Å². The number of nitrogens with one attached hydrogen (secondary N) is 1. The van der Waals surface area contributed by atoms with Crippen molar-refractivity contribution in [3.8, 4) is 0 Å². The van der Waals surface area contributed by atoms with E-state index in [-0.39, 0.29) is 5.84 Å². The summed E-state index contributed by atoms with van der Waals surface area (Å²) < 4.78 is 0. The second-order valence-electron chi connectivity index (χ2n) is 3.15. The van der Waals surface area contributed by atoms with Gasteiger partial charge in [-0.05, 0) is 19.8 Å². The number of amidine groups is 1. The molecule has 3 N–H and O–H groups in total. The third-order valence-corrected chi connectivity index (χ3v) is 3.34. The molecule has 3 nitrogen and oxygen atoms in total. The van der Waals surface area contributed by atoms with E-state index in [1.807, 2.05) is 6.92 Å². The molecule has 0 unspecified atom stereocenters. The van der Waals surface area contributed by atoms with E-state index in [1.54, 1.807) is 11.3 Å². The summed E-state index contributed by atoms with van der Waals surface area (Å²) >= 11 is 1.58. The maximum atomic E-state index is 7.30. The van der Waals surface area contributed by atoms with E-state index >= 15 is 0 Å². The van der Waals surface area contributed by atoms with E-state index in [2.05, 4.69) is 4.98 Å². The lowest BCUT2D eigenvalue weighted by atomic mass is 10.4. The van der Waals surface area contributed by atoms with E-state index in [0.29, 0.717) is 5.92 Å². The third-order valence-electron chi connectivity index (χ3n) is 1.98. The average Bonchev–Trinajstić information content (AvgIpc) is 2.75. The zero-order valence-electron chi connectivity index (χ0n) is 6.92. The maximum Gasteiger partial charge on any atom is 0.135 e. The van der Waals surface area contributed by atoms with Crippen LogP contribution in [0.15, 0.2) is 0 Å². The minimum Gasteiger partial charge on any atom is -0.383 e. The summed E-state index contributed by atoms with van der Waals surface area (Å²) in [6.07, 6.45) is 2.51. The molecule has 1 aromatic rings. The van der Waals surface area contributed by atoms with Crippen LogP contribution in [0.25, 0.3) is 0 Å². The standard InChI is InChI=1S/C8H11N3S/c1-4-6(7(9)10)12-8(11-4)5-2-3-5/h5H,2-3H2,1H3,(H3,9,10). The predicted molar refractivity (Wildman–Crippen MR) is 49.8 cm³/mol. The van der Waals surface area contributed by atoms with Crippen LogP contribution in [-0.2, 0) is 0 Å². The summed E-state index contributed by atoms with van der Waals surface area (Å²) in [5.41, 5.74) is 6.31. The Balaban J connectivity index is 2.36. The molecule has 1 fully saturated rings. The van der Waals surface area contributed by atoms with Crippen LogP contribution in [-0.4, -0.2) is 10.8 Å². The quantitative estimate of drug-likeness (QED) is 0.538. The molecule has 0 aliphatic heterocycles. The first-order valence-corrected chi connectivity index (χ1v) is 4.82. The number of aryl methyl sites for hydroxylation is 1. The van der Waals surface area contributed by atoms with E-state index in [0.717, 1.165) is 15.6 Å². The number of hydrogen-bond donors (Lipinski definition) is 2. The number of aromatic nitrogens is 1. The van der Waals surface area contributed by atoms with Crippen molar-refractivity contribution in [1.82, 2.24) is 4.98 Å². The van der Waals surface area contributed by atoms with Gasteiger partial charge in [-0.2, -0.15) is 0 Å². The van der Waals surface area contributed by atoms with Gasteiger partial charge in [-0.1, -0.05) is 0 Å². The normalized spacial score (nSPS) is 16.4. The lowest BCUT2D eigenvalue weighted by Gasteiger charge is -1.89. The summed E-state index contributed by atoms with van der Waals surface area (Å²) in [6.45, 7) is 1.92. The zero-order chi connectivity index (χ0) is 8.72. The molecule has 0 spiro atoms. The maximum absolute atomic E-state index is 7.30. The van der Waals surface area contributed by atoms with Crippen LogP contribution in [0.1, 0.15) is 34.3 Å². The SMILES string of the molecule is Cc1nc(C2CC2)sc1C(=N)N. The van der Waals surface area contributed by atoms with Crippen molar-refractivity contribution in [2.45, 2.75) is 25.7 Å². The molecular weight excluding hydrogens is 170 g/mol. The highest BCUT2D eigenvalue weighted by atomic mass is 32.1. The van der Waals surface area contributed by atoms with Gasteiger partial charge in [0.15, 0.2) is 0 Å². The van der Waals surface area contributed by atoms with Gasteiger partial charge in [-0.3, -0.25) is 5.41 Å². The van der Waals surface area contributed by atoms with E-state index in [9.17, 15) is 0 Å². The Hall–Kier alpha value is -0.900. The fraction of sp³-hybridized carbons (Fsp3) is 0.500. The molecule has 1 heterocycles. The van der Waals surface area contributed by atoms with Crippen molar-refractivity contribution >= 4 is 17.2 Å². The van der Waals surface area contributed by atoms with Gasteiger partial charge in [0.2, 0.25) is 0 Å².